The maximum atomic E-state index is 3.93. The van der Waals surface area contributed by atoms with E-state index in [1.165, 1.54) is 11.1 Å². The molecular formula is C16H17N. The van der Waals surface area contributed by atoms with Crippen molar-refractivity contribution in [1.29, 1.82) is 0 Å². The molecule has 2 aromatic rings. The second-order valence-electron chi connectivity index (χ2n) is 4.35. The van der Waals surface area contributed by atoms with Crippen LogP contribution in [0.5, 0.6) is 0 Å². The molecule has 0 radical (unpaired) electrons. The summed E-state index contributed by atoms with van der Waals surface area (Å²) in [6.07, 6.45) is 0. The van der Waals surface area contributed by atoms with Crippen LogP contribution in [0.1, 0.15) is 18.1 Å². The maximum Gasteiger partial charge on any atom is 0.0384 e. The number of nitrogens with one attached hydrogen (secondary N) is 1. The molecule has 0 heterocycles. The average molecular weight is 223 g/mol. The average Bonchev–Trinajstić information content (AvgIpc) is 2.33. The van der Waals surface area contributed by atoms with Crippen LogP contribution >= 0.6 is 0 Å². The first-order valence-electron chi connectivity index (χ1n) is 5.75. The summed E-state index contributed by atoms with van der Waals surface area (Å²) in [5.74, 6) is 0. The van der Waals surface area contributed by atoms with Gasteiger partial charge in [0.1, 0.15) is 0 Å². The maximum absolute atomic E-state index is 3.93. The lowest BCUT2D eigenvalue weighted by Gasteiger charge is -2.07. The Morgan fingerprint density at radius 1 is 0.882 bits per heavy atom. The van der Waals surface area contributed by atoms with Gasteiger partial charge in [-0.25, -0.2) is 0 Å². The lowest BCUT2D eigenvalue weighted by Crippen LogP contribution is -1.90. The van der Waals surface area contributed by atoms with E-state index in [0.29, 0.717) is 0 Å². The zero-order chi connectivity index (χ0) is 12.3. The number of hydrogen-bond donors (Lipinski definition) is 1. The normalized spacial score (nSPS) is 10.0. The van der Waals surface area contributed by atoms with Crippen LogP contribution in [0.2, 0.25) is 0 Å². The fourth-order valence-corrected chi connectivity index (χ4v) is 1.64. The number of benzene rings is 2. The van der Waals surface area contributed by atoms with Crippen molar-refractivity contribution < 1.29 is 0 Å². The van der Waals surface area contributed by atoms with Gasteiger partial charge in [-0.3, -0.25) is 0 Å². The first kappa shape index (κ1) is 11.5. The zero-order valence-electron chi connectivity index (χ0n) is 10.3. The predicted molar refractivity (Wildman–Crippen MR) is 75.6 cm³/mol. The van der Waals surface area contributed by atoms with Gasteiger partial charge in [-0.2, -0.15) is 0 Å². The Bertz CT molecular complexity index is 506. The molecule has 2 rings (SSSR count). The van der Waals surface area contributed by atoms with E-state index in [9.17, 15) is 0 Å². The first-order chi connectivity index (χ1) is 8.15. The summed E-state index contributed by atoms with van der Waals surface area (Å²) in [6, 6.07) is 16.7. The summed E-state index contributed by atoms with van der Waals surface area (Å²) in [6.45, 7) is 8.03. The summed E-state index contributed by atoms with van der Waals surface area (Å²) in [7, 11) is 0. The minimum atomic E-state index is 1.09. The molecule has 0 fully saturated rings. The van der Waals surface area contributed by atoms with E-state index < -0.39 is 0 Å². The van der Waals surface area contributed by atoms with E-state index in [1.54, 1.807) is 0 Å². The molecule has 0 saturated heterocycles. The summed E-state index contributed by atoms with van der Waals surface area (Å²) < 4.78 is 0. The van der Waals surface area contributed by atoms with Gasteiger partial charge in [0.2, 0.25) is 0 Å². The van der Waals surface area contributed by atoms with Crippen LogP contribution in [0.3, 0.4) is 0 Å². The molecule has 0 aliphatic rings. The van der Waals surface area contributed by atoms with Crippen molar-refractivity contribution in [2.24, 2.45) is 0 Å². The molecule has 0 bridgehead atoms. The Morgan fingerprint density at radius 2 is 1.35 bits per heavy atom. The van der Waals surface area contributed by atoms with Gasteiger partial charge in [0.15, 0.2) is 0 Å². The number of aryl methyl sites for hydroxylation is 1. The second-order valence-corrected chi connectivity index (χ2v) is 4.35. The summed E-state index contributed by atoms with van der Waals surface area (Å²) in [4.78, 5) is 0. The fourth-order valence-electron chi connectivity index (χ4n) is 1.64. The van der Waals surface area contributed by atoms with Gasteiger partial charge >= 0.3 is 0 Å². The Morgan fingerprint density at radius 3 is 1.82 bits per heavy atom. The number of allylic oxidation sites excluding steroid dienone is 1. The topological polar surface area (TPSA) is 12.0 Å². The Labute approximate surface area is 103 Å². The monoisotopic (exact) mass is 223 g/mol. The van der Waals surface area contributed by atoms with E-state index in [1.807, 2.05) is 6.92 Å². The highest BCUT2D eigenvalue weighted by Crippen LogP contribution is 2.19. The molecule has 0 aliphatic heterocycles. The summed E-state index contributed by atoms with van der Waals surface area (Å²) >= 11 is 0. The highest BCUT2D eigenvalue weighted by Gasteiger charge is 1.96. The molecular weight excluding hydrogens is 206 g/mol. The minimum Gasteiger partial charge on any atom is -0.356 e. The molecule has 0 unspecified atom stereocenters. The van der Waals surface area contributed by atoms with Gasteiger partial charge in [-0.15, -0.1) is 0 Å². The Kier molecular flexibility index (Phi) is 3.29. The smallest absolute Gasteiger partial charge is 0.0384 e. The molecule has 17 heavy (non-hydrogen) atoms. The van der Waals surface area contributed by atoms with Crippen molar-refractivity contribution in [1.82, 2.24) is 0 Å². The predicted octanol–water partition coefficient (Wildman–Crippen LogP) is 4.77. The molecule has 1 heteroatoms. The van der Waals surface area contributed by atoms with Crippen LogP contribution in [0, 0.1) is 6.92 Å². The Balaban J connectivity index is 2.13. The third-order valence-corrected chi connectivity index (χ3v) is 2.72. The van der Waals surface area contributed by atoms with E-state index in [4.69, 9.17) is 0 Å². The van der Waals surface area contributed by atoms with E-state index in [-0.39, 0.29) is 0 Å². The van der Waals surface area contributed by atoms with Gasteiger partial charge in [-0.1, -0.05) is 42.0 Å². The van der Waals surface area contributed by atoms with Crippen molar-refractivity contribution in [2.45, 2.75) is 13.8 Å². The lowest BCUT2D eigenvalue weighted by atomic mass is 10.1. The van der Waals surface area contributed by atoms with Crippen molar-refractivity contribution in [3.05, 3.63) is 66.2 Å². The third kappa shape index (κ3) is 2.97. The number of hydrogen-bond acceptors (Lipinski definition) is 1. The van der Waals surface area contributed by atoms with Gasteiger partial charge in [0.25, 0.3) is 0 Å². The molecule has 2 aromatic carbocycles. The molecule has 1 N–H and O–H groups in total. The lowest BCUT2D eigenvalue weighted by molar-refractivity contribution is 1.45. The summed E-state index contributed by atoms with van der Waals surface area (Å²) in [5, 5.41) is 3.37. The van der Waals surface area contributed by atoms with Crippen LogP contribution in [0.15, 0.2) is 55.1 Å². The molecule has 0 aliphatic carbocycles. The van der Waals surface area contributed by atoms with Crippen LogP contribution in [0.4, 0.5) is 11.4 Å². The van der Waals surface area contributed by atoms with Gasteiger partial charge < -0.3 is 5.32 Å². The van der Waals surface area contributed by atoms with Gasteiger partial charge in [0.05, 0.1) is 0 Å². The van der Waals surface area contributed by atoms with Crippen molar-refractivity contribution in [3.63, 3.8) is 0 Å². The molecule has 0 atom stereocenters. The quantitative estimate of drug-likeness (QED) is 0.790. The number of anilines is 2. The highest BCUT2D eigenvalue weighted by molar-refractivity contribution is 5.66. The third-order valence-electron chi connectivity index (χ3n) is 2.72. The van der Waals surface area contributed by atoms with E-state index in [2.05, 4.69) is 67.4 Å². The van der Waals surface area contributed by atoms with Gasteiger partial charge in [-0.05, 0) is 43.7 Å². The number of rotatable bonds is 3. The van der Waals surface area contributed by atoms with Crippen LogP contribution < -0.4 is 5.32 Å². The van der Waals surface area contributed by atoms with Crippen molar-refractivity contribution in [3.8, 4) is 0 Å². The second kappa shape index (κ2) is 4.88. The molecule has 86 valence electrons. The molecule has 0 aromatic heterocycles. The van der Waals surface area contributed by atoms with E-state index >= 15 is 0 Å². The molecule has 0 amide bonds. The summed E-state index contributed by atoms with van der Waals surface area (Å²) in [5.41, 5.74) is 5.75. The van der Waals surface area contributed by atoms with Gasteiger partial charge in [0, 0.05) is 11.4 Å². The van der Waals surface area contributed by atoms with Crippen LogP contribution in [0.25, 0.3) is 5.57 Å². The SMILES string of the molecule is C=C(C)c1ccc(Nc2ccc(C)cc2)cc1. The zero-order valence-corrected chi connectivity index (χ0v) is 10.3. The standard InChI is InChI=1S/C16H17N/c1-12(2)14-6-10-16(11-7-14)17-15-8-4-13(3)5-9-15/h4-11,17H,1H2,2-3H3. The molecule has 0 spiro atoms. The fraction of sp³-hybridized carbons (Fsp3) is 0.125. The Hall–Kier alpha value is -2.02. The largest absolute Gasteiger partial charge is 0.356 e. The van der Waals surface area contributed by atoms with Crippen LogP contribution in [-0.4, -0.2) is 0 Å². The van der Waals surface area contributed by atoms with Crippen LogP contribution in [-0.2, 0) is 0 Å². The van der Waals surface area contributed by atoms with E-state index in [0.717, 1.165) is 16.9 Å². The first-order valence-corrected chi connectivity index (χ1v) is 5.75. The highest BCUT2D eigenvalue weighted by atomic mass is 14.9. The van der Waals surface area contributed by atoms with Crippen molar-refractivity contribution in [2.75, 3.05) is 5.32 Å². The molecule has 1 nitrogen and oxygen atoms in total. The minimum absolute atomic E-state index is 1.09. The van der Waals surface area contributed by atoms with Crippen molar-refractivity contribution >= 4 is 16.9 Å². The molecule has 0 saturated carbocycles.